The van der Waals surface area contributed by atoms with Gasteiger partial charge in [0.15, 0.2) is 0 Å². The van der Waals surface area contributed by atoms with Crippen molar-refractivity contribution in [3.05, 3.63) is 51.4 Å². The number of rotatable bonds is 3. The Kier molecular flexibility index (Phi) is 6.86. The number of hydrogen-bond acceptors (Lipinski definition) is 5. The van der Waals surface area contributed by atoms with Gasteiger partial charge in [0, 0.05) is 8.95 Å². The van der Waals surface area contributed by atoms with Gasteiger partial charge in [-0.05, 0) is 58.4 Å². The molecule has 2 aromatic rings. The van der Waals surface area contributed by atoms with E-state index in [2.05, 4.69) is 31.9 Å². The van der Waals surface area contributed by atoms with E-state index in [4.69, 9.17) is 0 Å². The molecule has 5 nitrogen and oxygen atoms in total. The molecule has 0 aliphatic rings. The Morgan fingerprint density at radius 1 is 0.818 bits per heavy atom. The van der Waals surface area contributed by atoms with Crippen LogP contribution < -0.4 is 29.6 Å². The van der Waals surface area contributed by atoms with E-state index in [0.29, 0.717) is 4.47 Å². The maximum Gasteiger partial charge on any atom is 1.00 e. The van der Waals surface area contributed by atoms with Crippen LogP contribution in [0.25, 0.3) is 0 Å². The number of benzene rings is 2. The summed E-state index contributed by atoms with van der Waals surface area (Å²) in [6.07, 6.45) is 0. The van der Waals surface area contributed by atoms with E-state index < -0.39 is 24.9 Å². The zero-order valence-corrected chi connectivity index (χ0v) is 18.0. The smallest absolute Gasteiger partial charge is 0.744 e. The predicted octanol–water partition coefficient (Wildman–Crippen LogP) is -0.0475. The van der Waals surface area contributed by atoms with Gasteiger partial charge in [0.1, 0.15) is 10.1 Å². The van der Waals surface area contributed by atoms with E-state index in [9.17, 15) is 21.4 Å². The van der Waals surface area contributed by atoms with Gasteiger partial charge in [-0.25, -0.2) is 16.8 Å². The third-order valence-corrected chi connectivity index (χ3v) is 6.73. The van der Waals surface area contributed by atoms with Gasteiger partial charge in [0.05, 0.1) is 14.7 Å². The molecule has 22 heavy (non-hydrogen) atoms. The van der Waals surface area contributed by atoms with Crippen LogP contribution in [0.4, 0.5) is 0 Å². The normalized spacial score (nSPS) is 11.8. The zero-order valence-electron chi connectivity index (χ0n) is 11.2. The van der Waals surface area contributed by atoms with Gasteiger partial charge in [-0.1, -0.05) is 15.9 Å². The minimum Gasteiger partial charge on any atom is -0.744 e. The van der Waals surface area contributed by atoms with Crippen molar-refractivity contribution in [2.45, 2.75) is 14.7 Å². The zero-order chi connectivity index (χ0) is 15.8. The van der Waals surface area contributed by atoms with Gasteiger partial charge in [-0.3, -0.25) is 0 Å². The van der Waals surface area contributed by atoms with Crippen molar-refractivity contribution in [1.82, 2.24) is 0 Å². The van der Waals surface area contributed by atoms with E-state index in [1.54, 1.807) is 12.1 Å². The molecule has 0 aliphatic carbocycles. The van der Waals surface area contributed by atoms with Crippen LogP contribution in [-0.2, 0) is 20.0 Å². The monoisotopic (exact) mass is 476 g/mol. The molecule has 0 spiro atoms. The minimum absolute atomic E-state index is 0. The maximum atomic E-state index is 12.4. The van der Waals surface area contributed by atoms with Gasteiger partial charge in [0.25, 0.3) is 0 Å². The van der Waals surface area contributed by atoms with Crippen molar-refractivity contribution in [1.29, 1.82) is 0 Å². The van der Waals surface area contributed by atoms with E-state index in [1.807, 2.05) is 0 Å². The van der Waals surface area contributed by atoms with Crippen molar-refractivity contribution >= 4 is 51.8 Å². The predicted molar refractivity (Wildman–Crippen MR) is 81.7 cm³/mol. The summed E-state index contributed by atoms with van der Waals surface area (Å²) in [7, 11) is -8.67. The number of sulfone groups is 1. The molecule has 0 N–H and O–H groups in total. The fourth-order valence-corrected chi connectivity index (χ4v) is 4.64. The van der Waals surface area contributed by atoms with Gasteiger partial charge >= 0.3 is 29.6 Å². The molecule has 112 valence electrons. The van der Waals surface area contributed by atoms with Crippen molar-refractivity contribution in [2.24, 2.45) is 0 Å². The number of halogens is 2. The molecule has 10 heteroatoms. The third-order valence-electron chi connectivity index (χ3n) is 2.61. The van der Waals surface area contributed by atoms with Crippen molar-refractivity contribution < 1.29 is 50.9 Å². The van der Waals surface area contributed by atoms with Gasteiger partial charge < -0.3 is 4.55 Å². The van der Waals surface area contributed by atoms with Crippen LogP contribution in [0.15, 0.2) is 66.1 Å². The SMILES string of the molecule is O=S(=O)([O-])c1cc(S(=O)(=O)c2ccc(Br)cc2)ccc1Br.[Na+]. The van der Waals surface area contributed by atoms with Crippen LogP contribution in [-0.4, -0.2) is 21.4 Å². The van der Waals surface area contributed by atoms with Crippen molar-refractivity contribution in [3.63, 3.8) is 0 Å². The van der Waals surface area contributed by atoms with Crippen LogP contribution in [0, 0.1) is 0 Å². The Morgan fingerprint density at radius 2 is 1.32 bits per heavy atom. The van der Waals surface area contributed by atoms with Crippen LogP contribution >= 0.6 is 31.9 Å². The Bertz CT molecular complexity index is 894. The average molecular weight is 478 g/mol. The molecule has 0 aliphatic heterocycles. The quantitative estimate of drug-likeness (QED) is 0.456. The largest absolute Gasteiger partial charge is 1.00 e. The second-order valence-corrected chi connectivity index (χ2v) is 9.07. The Hall–Kier alpha value is 0.260. The molecule has 0 saturated carbocycles. The summed E-state index contributed by atoms with van der Waals surface area (Å²) in [4.78, 5) is -0.870. The summed E-state index contributed by atoms with van der Waals surface area (Å²) >= 11 is 6.11. The molecule has 2 rings (SSSR count). The second kappa shape index (κ2) is 7.43. The van der Waals surface area contributed by atoms with E-state index in [-0.39, 0.29) is 43.8 Å². The summed E-state index contributed by atoms with van der Waals surface area (Å²) < 4.78 is 58.9. The molecule has 0 atom stereocenters. The van der Waals surface area contributed by atoms with Gasteiger partial charge in [0.2, 0.25) is 9.84 Å². The van der Waals surface area contributed by atoms with Crippen molar-refractivity contribution in [3.8, 4) is 0 Å². The van der Waals surface area contributed by atoms with Gasteiger partial charge in [-0.2, -0.15) is 0 Å². The minimum atomic E-state index is -4.77. The molecule has 0 fully saturated rings. The second-order valence-electron chi connectivity index (χ2n) is 4.00. The standard InChI is InChI=1S/C12H8Br2O5S2.Na/c13-8-1-3-9(4-2-8)20(15,16)10-5-6-11(14)12(7-10)21(17,18)19;/h1-7H,(H,17,18,19);/q;+1/p-1. The molecule has 0 bridgehead atoms. The molecular formula is C12H7Br2NaO5S2. The first kappa shape index (κ1) is 20.3. The molecule has 0 saturated heterocycles. The van der Waals surface area contributed by atoms with Crippen LogP contribution in [0.5, 0.6) is 0 Å². The average Bonchev–Trinajstić information content (AvgIpc) is 2.38. The first-order chi connectivity index (χ1) is 9.62. The summed E-state index contributed by atoms with van der Waals surface area (Å²) in [6, 6.07) is 9.17. The topological polar surface area (TPSA) is 91.3 Å². The molecule has 2 aromatic carbocycles. The first-order valence-electron chi connectivity index (χ1n) is 5.38. The molecule has 0 unspecified atom stereocenters. The van der Waals surface area contributed by atoms with E-state index in [0.717, 1.165) is 6.07 Å². The van der Waals surface area contributed by atoms with Crippen molar-refractivity contribution in [2.75, 3.05) is 0 Å². The Morgan fingerprint density at radius 3 is 1.82 bits per heavy atom. The summed E-state index contributed by atoms with van der Waals surface area (Å²) in [5.74, 6) is 0. The summed E-state index contributed by atoms with van der Waals surface area (Å²) in [5, 5.41) is 0. The summed E-state index contributed by atoms with van der Waals surface area (Å²) in [5.41, 5.74) is 0. The fourth-order valence-electron chi connectivity index (χ4n) is 1.59. The Labute approximate surface area is 167 Å². The molecule has 0 heterocycles. The van der Waals surface area contributed by atoms with Crippen LogP contribution in [0.3, 0.4) is 0 Å². The third kappa shape index (κ3) is 4.41. The maximum absolute atomic E-state index is 12.4. The molecule has 0 amide bonds. The van der Waals surface area contributed by atoms with Gasteiger partial charge in [-0.15, -0.1) is 0 Å². The fraction of sp³-hybridized carbons (Fsp3) is 0. The van der Waals surface area contributed by atoms with Crippen LogP contribution in [0.2, 0.25) is 0 Å². The molecular weight excluding hydrogens is 471 g/mol. The van der Waals surface area contributed by atoms with E-state index >= 15 is 0 Å². The molecule has 0 radical (unpaired) electrons. The van der Waals surface area contributed by atoms with Crippen LogP contribution in [0.1, 0.15) is 0 Å². The first-order valence-corrected chi connectivity index (χ1v) is 9.86. The number of hydrogen-bond donors (Lipinski definition) is 0. The van der Waals surface area contributed by atoms with E-state index in [1.165, 1.54) is 24.3 Å². The Balaban J connectivity index is 0.00000242. The summed E-state index contributed by atoms with van der Waals surface area (Å²) in [6.45, 7) is 0. The molecule has 0 aromatic heterocycles.